The van der Waals surface area contributed by atoms with E-state index in [0.29, 0.717) is 28.3 Å². The summed E-state index contributed by atoms with van der Waals surface area (Å²) in [5, 5.41) is 29.2. The number of H-pyrrole nitrogens is 1. The van der Waals surface area contributed by atoms with E-state index in [2.05, 4.69) is 44.3 Å². The molecule has 2 aliphatic carbocycles. The molecular weight excluding hydrogens is 845 g/mol. The van der Waals surface area contributed by atoms with Crippen molar-refractivity contribution >= 4 is 56.3 Å². The molecule has 0 saturated carbocycles. The van der Waals surface area contributed by atoms with Crippen molar-refractivity contribution in [1.82, 2.24) is 20.6 Å². The molecule has 1 aromatic carbocycles. The van der Waals surface area contributed by atoms with Crippen molar-refractivity contribution in [2.75, 3.05) is 26.6 Å². The summed E-state index contributed by atoms with van der Waals surface area (Å²) in [7, 11) is 2.79. The summed E-state index contributed by atoms with van der Waals surface area (Å²) in [6, 6.07) is 3.59. The second-order valence-corrected chi connectivity index (χ2v) is 17.4. The summed E-state index contributed by atoms with van der Waals surface area (Å²) < 4.78 is 37.3. The van der Waals surface area contributed by atoms with Gasteiger partial charge in [0, 0.05) is 78.5 Å². The van der Waals surface area contributed by atoms with Crippen molar-refractivity contribution in [3.63, 3.8) is 0 Å². The number of aromatic nitrogens is 2. The van der Waals surface area contributed by atoms with Crippen LogP contribution >= 0.6 is 11.8 Å². The summed E-state index contributed by atoms with van der Waals surface area (Å²) in [6.07, 6.45) is 0.0986. The molecule has 10 atom stereocenters. The van der Waals surface area contributed by atoms with Crippen molar-refractivity contribution in [2.45, 2.75) is 108 Å². The van der Waals surface area contributed by atoms with E-state index in [1.807, 2.05) is 13.8 Å². The van der Waals surface area contributed by atoms with Gasteiger partial charge in [-0.15, -0.1) is 0 Å². The molecule has 5 N–H and O–H groups in total. The summed E-state index contributed by atoms with van der Waals surface area (Å²) in [5.41, 5.74) is 2.12. The molecule has 0 bridgehead atoms. The van der Waals surface area contributed by atoms with Gasteiger partial charge in [-0.3, -0.25) is 19.4 Å². The van der Waals surface area contributed by atoms with Gasteiger partial charge in [0.1, 0.15) is 24.0 Å². The molecule has 2 fully saturated rings. The number of pyridine rings is 1. The lowest BCUT2D eigenvalue weighted by molar-refractivity contribution is -0.304. The quantitative estimate of drug-likeness (QED) is 0.126. The highest BCUT2D eigenvalue weighted by Gasteiger charge is 2.46. The lowest BCUT2D eigenvalue weighted by Crippen LogP contribution is -2.55. The van der Waals surface area contributed by atoms with Crippen molar-refractivity contribution in [3.05, 3.63) is 71.1 Å². The summed E-state index contributed by atoms with van der Waals surface area (Å²) in [5.74, 6) is 10.5. The number of aromatic amines is 1. The van der Waals surface area contributed by atoms with Gasteiger partial charge in [0.2, 0.25) is 0 Å². The number of ketones is 2. The largest absolute Gasteiger partial charge is 0.508 e. The molecular formula is C47H52N4O12S. The molecule has 64 heavy (non-hydrogen) atoms. The fraction of sp³-hybridized carbons (Fsp3) is 0.468. The number of benzene rings is 1. The second-order valence-electron chi connectivity index (χ2n) is 16.2. The van der Waals surface area contributed by atoms with Gasteiger partial charge in [-0.05, 0) is 49.3 Å². The van der Waals surface area contributed by atoms with E-state index in [-0.39, 0.29) is 70.3 Å². The molecule has 0 spiro atoms. The highest BCUT2D eigenvalue weighted by molar-refractivity contribution is 8.13. The van der Waals surface area contributed by atoms with Crippen LogP contribution in [0.1, 0.15) is 57.3 Å². The van der Waals surface area contributed by atoms with Gasteiger partial charge in [-0.25, -0.2) is 4.79 Å². The van der Waals surface area contributed by atoms with Crippen LogP contribution in [0.2, 0.25) is 0 Å². The Hall–Kier alpha value is -5.34. The van der Waals surface area contributed by atoms with E-state index < -0.39 is 67.3 Å². The lowest BCUT2D eigenvalue weighted by atomic mass is 9.85. The average Bonchev–Trinajstić information content (AvgIpc) is 3.63. The first kappa shape index (κ1) is 46.6. The molecule has 8 unspecified atom stereocenters. The Labute approximate surface area is 374 Å². The van der Waals surface area contributed by atoms with Gasteiger partial charge in [0.05, 0.1) is 55.1 Å². The van der Waals surface area contributed by atoms with Crippen LogP contribution in [-0.4, -0.2) is 131 Å². The SMILES string of the molecule is COC(=O)NC1C(=O)C[C@H](O)/C(=C/CSC(C)=O)C2=C1C#C/C=C\C#C[C@@H]2OC1OC(C)C(C(=O)c2cncc3c2[nH]c2ccc(O)cc23)CC1OC1CC(OC)C(NC(C)C)CO1. The first-order valence-corrected chi connectivity index (χ1v) is 22.0. The van der Waals surface area contributed by atoms with Gasteiger partial charge < -0.3 is 54.3 Å². The number of thioether (sulfide) groups is 1. The molecule has 2 aromatic heterocycles. The normalized spacial score (nSPS) is 29.4. The molecule has 2 aliphatic heterocycles. The predicted molar refractivity (Wildman–Crippen MR) is 237 cm³/mol. The number of ether oxygens (including phenoxy) is 6. The standard InChI is InChI=1S/C47H52N4O12S/c1-24(2)49-35-23-60-41(20-39(35)58-5)62-40-18-30(45(56)33-22-48-21-32-31-17-27(53)13-14-34(31)50-43(32)33)25(3)61-46(40)63-38-12-10-8-7-9-11-29-42(38)28(15-16-64-26(4)52)36(54)19-37(55)44(29)51-47(57)59-6/h7-8,13-15,17,21-22,24-25,30,35-36,38-41,44,46,49-50,53-54H,16,18-20,23H2,1-6H3,(H,51,57)/b8-7-,28-15-/t25?,30?,35?,36-,38-,39?,40?,41?,44?,46?/m0/s1. The van der Waals surface area contributed by atoms with Crippen LogP contribution in [0.25, 0.3) is 21.8 Å². The minimum Gasteiger partial charge on any atom is -0.508 e. The van der Waals surface area contributed by atoms with Crippen molar-refractivity contribution in [1.29, 1.82) is 0 Å². The number of Topliss-reactive ketones (excluding diaryl/α,β-unsaturated/α-hetero) is 2. The number of hydrogen-bond acceptors (Lipinski definition) is 15. The maximum Gasteiger partial charge on any atom is 0.407 e. The van der Waals surface area contributed by atoms with Gasteiger partial charge in [-0.2, -0.15) is 0 Å². The summed E-state index contributed by atoms with van der Waals surface area (Å²) in [6.45, 7) is 7.51. The number of nitrogens with one attached hydrogen (secondary N) is 3. The van der Waals surface area contributed by atoms with E-state index in [4.69, 9.17) is 28.4 Å². The number of aliphatic hydroxyl groups excluding tert-OH is 1. The van der Waals surface area contributed by atoms with Crippen LogP contribution in [0.4, 0.5) is 4.79 Å². The average molecular weight is 897 g/mol. The Morgan fingerprint density at radius 1 is 1.09 bits per heavy atom. The number of phenols is 1. The van der Waals surface area contributed by atoms with Crippen LogP contribution in [0, 0.1) is 29.6 Å². The number of amides is 1. The van der Waals surface area contributed by atoms with E-state index in [0.717, 1.165) is 24.4 Å². The Kier molecular flexibility index (Phi) is 15.1. The minimum atomic E-state index is -1.41. The van der Waals surface area contributed by atoms with Crippen LogP contribution in [-0.2, 0) is 38.0 Å². The smallest absolute Gasteiger partial charge is 0.407 e. The summed E-state index contributed by atoms with van der Waals surface area (Å²) >= 11 is 0.996. The molecule has 4 aliphatic rings. The van der Waals surface area contributed by atoms with Crippen molar-refractivity contribution < 1.29 is 57.8 Å². The third kappa shape index (κ3) is 10.4. The zero-order valence-corrected chi connectivity index (χ0v) is 37.2. The summed E-state index contributed by atoms with van der Waals surface area (Å²) in [4.78, 5) is 61.1. The number of rotatable bonds is 12. The van der Waals surface area contributed by atoms with Crippen LogP contribution in [0.3, 0.4) is 0 Å². The fourth-order valence-corrected chi connectivity index (χ4v) is 9.02. The number of phenolic OH excluding ortho intramolecular Hbond substituents is 1. The third-order valence-corrected chi connectivity index (χ3v) is 12.3. The Morgan fingerprint density at radius 2 is 1.89 bits per heavy atom. The number of methoxy groups -OCH3 is 2. The predicted octanol–water partition coefficient (Wildman–Crippen LogP) is 4.39. The first-order chi connectivity index (χ1) is 30.8. The molecule has 7 rings (SSSR count). The second kappa shape index (κ2) is 20.7. The third-order valence-electron chi connectivity index (χ3n) is 11.5. The van der Waals surface area contributed by atoms with Gasteiger partial charge in [-0.1, -0.05) is 55.4 Å². The number of aliphatic hydroxyl groups is 1. The number of aromatic hydroxyl groups is 1. The van der Waals surface area contributed by atoms with Gasteiger partial charge >= 0.3 is 6.09 Å². The Bertz CT molecular complexity index is 2510. The van der Waals surface area contributed by atoms with Crippen LogP contribution in [0.15, 0.2) is 65.5 Å². The molecule has 16 nitrogen and oxygen atoms in total. The highest BCUT2D eigenvalue weighted by atomic mass is 32.2. The zero-order valence-electron chi connectivity index (χ0n) is 36.3. The number of carbonyl (C=O) groups excluding carboxylic acids is 4. The molecule has 2 saturated heterocycles. The molecule has 1 amide bonds. The number of carbonyl (C=O) groups is 4. The molecule has 0 radical (unpaired) electrons. The minimum absolute atomic E-state index is 0.0748. The van der Waals surface area contributed by atoms with Crippen LogP contribution < -0.4 is 10.6 Å². The number of hydrogen-bond donors (Lipinski definition) is 5. The van der Waals surface area contributed by atoms with E-state index >= 15 is 0 Å². The molecule has 3 aromatic rings. The monoisotopic (exact) mass is 896 g/mol. The van der Waals surface area contributed by atoms with Gasteiger partial charge in [0.15, 0.2) is 29.3 Å². The number of fused-ring (bicyclic) bond motifs is 3. The number of alkyl carbamates (subject to hydrolysis) is 1. The van der Waals surface area contributed by atoms with Crippen LogP contribution in [0.5, 0.6) is 5.75 Å². The molecule has 4 heterocycles. The Morgan fingerprint density at radius 3 is 2.64 bits per heavy atom. The fourth-order valence-electron chi connectivity index (χ4n) is 8.53. The maximum atomic E-state index is 14.8. The lowest BCUT2D eigenvalue weighted by Gasteiger charge is -2.43. The van der Waals surface area contributed by atoms with E-state index in [1.54, 1.807) is 44.5 Å². The highest BCUT2D eigenvalue weighted by Crippen LogP contribution is 2.39. The molecule has 338 valence electrons. The zero-order chi connectivity index (χ0) is 45.7. The first-order valence-electron chi connectivity index (χ1n) is 21.1. The maximum absolute atomic E-state index is 14.8. The van der Waals surface area contributed by atoms with E-state index in [1.165, 1.54) is 25.3 Å². The van der Waals surface area contributed by atoms with Crippen molar-refractivity contribution in [2.24, 2.45) is 5.92 Å². The number of nitrogens with zero attached hydrogens (tertiary/aromatic N) is 1. The molecule has 17 heteroatoms. The number of allylic oxidation sites excluding steroid dienone is 2. The topological polar surface area (TPSA) is 217 Å². The van der Waals surface area contributed by atoms with E-state index in [9.17, 15) is 29.4 Å². The van der Waals surface area contributed by atoms with Crippen molar-refractivity contribution in [3.8, 4) is 29.4 Å². The Balaban J connectivity index is 1.29. The van der Waals surface area contributed by atoms with Gasteiger partial charge in [0.25, 0.3) is 0 Å².